The van der Waals surface area contributed by atoms with Gasteiger partial charge in [0.15, 0.2) is 0 Å². The van der Waals surface area contributed by atoms with E-state index in [2.05, 4.69) is 29.8 Å². The Morgan fingerprint density at radius 2 is 1.94 bits per heavy atom. The highest BCUT2D eigenvalue weighted by Crippen LogP contribution is 2.52. The molecule has 1 aliphatic rings. The van der Waals surface area contributed by atoms with Gasteiger partial charge in [-0.3, -0.25) is 4.79 Å². The zero-order valence-electron chi connectivity index (χ0n) is 19.4. The maximum absolute atomic E-state index is 14.1. The molecule has 2 N–H and O–H groups in total. The van der Waals surface area contributed by atoms with E-state index in [1.54, 1.807) is 0 Å². The number of rotatable bonds is 10. The number of allylic oxidation sites excluding steroid dienone is 1. The summed E-state index contributed by atoms with van der Waals surface area (Å²) < 4.78 is 0. The number of nitrogens with one attached hydrogen (secondary N) is 1. The summed E-state index contributed by atoms with van der Waals surface area (Å²) in [5, 5.41) is 13.9. The van der Waals surface area contributed by atoms with Crippen molar-refractivity contribution in [2.75, 3.05) is 19.7 Å². The number of aliphatic hydroxyl groups excluding tert-OH is 1. The molecule has 6 heteroatoms. The number of benzene rings is 2. The van der Waals surface area contributed by atoms with Gasteiger partial charge in [-0.2, -0.15) is 0 Å². The van der Waals surface area contributed by atoms with Crippen LogP contribution in [-0.2, 0) is 4.79 Å². The maximum Gasteiger partial charge on any atom is 0.229 e. The molecule has 4 nitrogen and oxygen atoms in total. The third kappa shape index (κ3) is 5.81. The van der Waals surface area contributed by atoms with Crippen molar-refractivity contribution in [1.29, 1.82) is 0 Å². The van der Waals surface area contributed by atoms with Crippen LogP contribution in [0.5, 0.6) is 0 Å². The first-order valence-corrected chi connectivity index (χ1v) is 12.4. The molecule has 1 aliphatic heterocycles. The van der Waals surface area contributed by atoms with Gasteiger partial charge < -0.3 is 15.3 Å². The Morgan fingerprint density at radius 3 is 2.55 bits per heavy atom. The van der Waals surface area contributed by atoms with Crippen LogP contribution in [0.25, 0.3) is 0 Å². The minimum Gasteiger partial charge on any atom is -0.395 e. The second kappa shape index (κ2) is 11.5. The van der Waals surface area contributed by atoms with Gasteiger partial charge in [0.2, 0.25) is 5.91 Å². The van der Waals surface area contributed by atoms with Crippen molar-refractivity contribution in [3.05, 3.63) is 82.4 Å². The van der Waals surface area contributed by atoms with Gasteiger partial charge in [0.1, 0.15) is 0 Å². The zero-order valence-corrected chi connectivity index (χ0v) is 20.9. The number of halogens is 2. The minimum atomic E-state index is -0.567. The summed E-state index contributed by atoms with van der Waals surface area (Å²) in [7, 11) is 0. The number of carbonyl (C=O) groups excluding carboxylic acids is 1. The third-order valence-corrected chi connectivity index (χ3v) is 7.21. The van der Waals surface area contributed by atoms with E-state index in [1.165, 1.54) is 0 Å². The summed E-state index contributed by atoms with van der Waals surface area (Å²) in [6.07, 6.45) is 3.94. The van der Waals surface area contributed by atoms with Crippen LogP contribution in [0, 0.1) is 5.41 Å². The molecule has 0 bridgehead atoms. The smallest absolute Gasteiger partial charge is 0.229 e. The lowest BCUT2D eigenvalue weighted by Crippen LogP contribution is -2.57. The summed E-state index contributed by atoms with van der Waals surface area (Å²) in [6, 6.07) is 15.6. The fourth-order valence-electron chi connectivity index (χ4n) is 5.08. The predicted molar refractivity (Wildman–Crippen MR) is 137 cm³/mol. The molecule has 2 aromatic rings. The quantitative estimate of drug-likeness (QED) is 0.318. The number of hydrogen-bond acceptors (Lipinski definition) is 3. The zero-order chi connectivity index (χ0) is 24.0. The average Bonchev–Trinajstić information content (AvgIpc) is 2.80. The molecule has 2 aromatic carbocycles. The van der Waals surface area contributed by atoms with Crippen LogP contribution in [-0.4, -0.2) is 41.7 Å². The molecule has 0 unspecified atom stereocenters. The molecule has 0 spiro atoms. The van der Waals surface area contributed by atoms with E-state index in [0.29, 0.717) is 36.0 Å². The molecule has 1 fully saturated rings. The molecule has 3 rings (SSSR count). The Hall–Kier alpha value is -1.85. The summed E-state index contributed by atoms with van der Waals surface area (Å²) in [5.74, 6) is 0.192. The largest absolute Gasteiger partial charge is 0.395 e. The number of piperidine rings is 1. The minimum absolute atomic E-state index is 0.0316. The Balaban J connectivity index is 2.17. The van der Waals surface area contributed by atoms with Crippen LogP contribution < -0.4 is 5.32 Å². The van der Waals surface area contributed by atoms with Crippen molar-refractivity contribution in [3.8, 4) is 0 Å². The van der Waals surface area contributed by atoms with Gasteiger partial charge in [-0.1, -0.05) is 67.4 Å². The lowest BCUT2D eigenvalue weighted by Gasteiger charge is -2.52. The fourth-order valence-corrected chi connectivity index (χ4v) is 5.40. The van der Waals surface area contributed by atoms with Gasteiger partial charge in [-0.25, -0.2) is 0 Å². The van der Waals surface area contributed by atoms with Crippen LogP contribution in [0.2, 0.25) is 10.0 Å². The molecule has 1 amide bonds. The molecular weight excluding hydrogens is 455 g/mol. The monoisotopic (exact) mass is 488 g/mol. The van der Waals surface area contributed by atoms with E-state index in [1.807, 2.05) is 55.5 Å². The van der Waals surface area contributed by atoms with Crippen molar-refractivity contribution in [2.45, 2.75) is 51.1 Å². The molecule has 0 aromatic heterocycles. The highest BCUT2D eigenvalue weighted by molar-refractivity contribution is 6.30. The van der Waals surface area contributed by atoms with Crippen LogP contribution in [0.1, 0.15) is 56.2 Å². The second-order valence-corrected chi connectivity index (χ2v) is 9.99. The van der Waals surface area contributed by atoms with Gasteiger partial charge in [-0.05, 0) is 54.7 Å². The van der Waals surface area contributed by atoms with Crippen LogP contribution in [0.4, 0.5) is 0 Å². The number of carbonyl (C=O) groups is 1. The van der Waals surface area contributed by atoms with Gasteiger partial charge >= 0.3 is 0 Å². The van der Waals surface area contributed by atoms with Gasteiger partial charge in [0.25, 0.3) is 0 Å². The van der Waals surface area contributed by atoms with Gasteiger partial charge in [0.05, 0.1) is 18.1 Å². The van der Waals surface area contributed by atoms with E-state index in [-0.39, 0.29) is 30.5 Å². The first kappa shape index (κ1) is 25.8. The first-order valence-electron chi connectivity index (χ1n) is 11.6. The second-order valence-electron chi connectivity index (χ2n) is 9.12. The number of hydrogen-bond donors (Lipinski definition) is 2. The van der Waals surface area contributed by atoms with Crippen molar-refractivity contribution < 1.29 is 9.90 Å². The maximum atomic E-state index is 14.1. The summed E-state index contributed by atoms with van der Waals surface area (Å²) >= 11 is 12.6. The van der Waals surface area contributed by atoms with Crippen LogP contribution in [0.3, 0.4) is 0 Å². The first-order chi connectivity index (χ1) is 15.8. The van der Waals surface area contributed by atoms with E-state index >= 15 is 0 Å². The SMILES string of the molecule is C=CC[C@@]1(C)C[C@H](c2cccc(Cl)c2)[C@@H](c2ccc(Cl)cc2)N([C@@H](CC)CNCCO)C1=O. The number of nitrogens with zero attached hydrogens (tertiary/aromatic N) is 1. The van der Waals surface area contributed by atoms with Crippen molar-refractivity contribution in [3.63, 3.8) is 0 Å². The molecular formula is C27H34Cl2N2O2. The van der Waals surface area contributed by atoms with Gasteiger partial charge in [0, 0.05) is 35.1 Å². The van der Waals surface area contributed by atoms with E-state index < -0.39 is 5.41 Å². The lowest BCUT2D eigenvalue weighted by molar-refractivity contribution is -0.154. The van der Waals surface area contributed by atoms with E-state index in [4.69, 9.17) is 23.2 Å². The van der Waals surface area contributed by atoms with E-state index in [0.717, 1.165) is 17.5 Å². The molecule has 1 heterocycles. The normalized spacial score (nSPS) is 24.0. The standard InChI is InChI=1S/C27H34Cl2N2O2/c1-4-13-27(3)17-24(20-7-6-8-22(29)16-20)25(19-9-11-21(28)12-10-19)31(26(27)33)23(5-2)18-30-14-15-32/h4,6-12,16,23-25,30,32H,1,5,13-15,17-18H2,2-3H3/t23-,24+,25+,27-/m0/s1. The molecule has 0 saturated carbocycles. The average molecular weight is 489 g/mol. The topological polar surface area (TPSA) is 52.6 Å². The Labute approximate surface area is 207 Å². The van der Waals surface area contributed by atoms with Crippen LogP contribution in [0.15, 0.2) is 61.2 Å². The Morgan fingerprint density at radius 1 is 1.21 bits per heavy atom. The molecule has 0 aliphatic carbocycles. The number of aliphatic hydroxyl groups is 1. The molecule has 1 saturated heterocycles. The van der Waals surface area contributed by atoms with Crippen molar-refractivity contribution in [2.24, 2.45) is 5.41 Å². The predicted octanol–water partition coefficient (Wildman–Crippen LogP) is 5.99. The fraction of sp³-hybridized carbons (Fsp3) is 0.444. The summed E-state index contributed by atoms with van der Waals surface area (Å²) in [5.41, 5.74) is 1.61. The Kier molecular flexibility index (Phi) is 9.00. The molecule has 178 valence electrons. The lowest BCUT2D eigenvalue weighted by atomic mass is 9.67. The molecule has 33 heavy (non-hydrogen) atoms. The third-order valence-electron chi connectivity index (χ3n) is 6.72. The highest BCUT2D eigenvalue weighted by atomic mass is 35.5. The molecule has 4 atom stereocenters. The Bertz CT molecular complexity index is 949. The number of amides is 1. The molecule has 0 radical (unpaired) electrons. The van der Waals surface area contributed by atoms with Crippen LogP contribution >= 0.6 is 23.2 Å². The number of likely N-dealkylation sites (tertiary alicyclic amines) is 1. The summed E-state index contributed by atoms with van der Waals surface area (Å²) in [6.45, 7) is 9.25. The van der Waals surface area contributed by atoms with Gasteiger partial charge in [-0.15, -0.1) is 6.58 Å². The van der Waals surface area contributed by atoms with E-state index in [9.17, 15) is 9.90 Å². The summed E-state index contributed by atoms with van der Waals surface area (Å²) in [4.78, 5) is 16.2. The van der Waals surface area contributed by atoms with Crippen molar-refractivity contribution in [1.82, 2.24) is 10.2 Å². The van der Waals surface area contributed by atoms with Crippen molar-refractivity contribution >= 4 is 29.1 Å². The highest BCUT2D eigenvalue weighted by Gasteiger charge is 2.50.